The molecule has 1 aliphatic carbocycles. The first-order valence-corrected chi connectivity index (χ1v) is 10.6. The average Bonchev–Trinajstić information content (AvgIpc) is 3.17. The lowest BCUT2D eigenvalue weighted by Gasteiger charge is -2.30. The van der Waals surface area contributed by atoms with Gasteiger partial charge in [-0.25, -0.2) is 4.98 Å². The van der Waals surface area contributed by atoms with Crippen molar-refractivity contribution in [2.75, 3.05) is 7.05 Å². The summed E-state index contributed by atoms with van der Waals surface area (Å²) >= 11 is 1.62. The summed E-state index contributed by atoms with van der Waals surface area (Å²) in [6, 6.07) is 12.9. The number of thiazole rings is 1. The summed E-state index contributed by atoms with van der Waals surface area (Å²) in [4.78, 5) is 19.6. The van der Waals surface area contributed by atoms with Crippen LogP contribution in [0.2, 0.25) is 0 Å². The second-order valence-corrected chi connectivity index (χ2v) is 8.63. The quantitative estimate of drug-likeness (QED) is 0.474. The van der Waals surface area contributed by atoms with Crippen LogP contribution < -0.4 is 0 Å². The van der Waals surface area contributed by atoms with Crippen molar-refractivity contribution >= 4 is 27.5 Å². The Balaban J connectivity index is 1.51. The van der Waals surface area contributed by atoms with Gasteiger partial charge in [-0.1, -0.05) is 36.4 Å². The molecule has 156 valence electrons. The van der Waals surface area contributed by atoms with Crippen molar-refractivity contribution in [2.45, 2.75) is 31.5 Å². The molecule has 1 aliphatic rings. The fraction of sp³-hybridized carbons (Fsp3) is 0.304. The predicted molar refractivity (Wildman–Crippen MR) is 112 cm³/mol. The zero-order valence-electron chi connectivity index (χ0n) is 16.4. The van der Waals surface area contributed by atoms with Crippen molar-refractivity contribution in [3.8, 4) is 0 Å². The van der Waals surface area contributed by atoms with Crippen molar-refractivity contribution in [1.29, 1.82) is 0 Å². The molecule has 0 saturated carbocycles. The molecule has 0 fully saturated rings. The van der Waals surface area contributed by atoms with Crippen molar-refractivity contribution in [3.05, 3.63) is 76.8 Å². The van der Waals surface area contributed by atoms with Crippen LogP contribution in [0.15, 0.2) is 60.7 Å². The van der Waals surface area contributed by atoms with E-state index in [2.05, 4.69) is 6.08 Å². The van der Waals surface area contributed by atoms with Crippen molar-refractivity contribution in [2.24, 2.45) is 5.92 Å². The van der Waals surface area contributed by atoms with Gasteiger partial charge in [0, 0.05) is 19.5 Å². The molecule has 7 heteroatoms. The Morgan fingerprint density at radius 3 is 2.50 bits per heavy atom. The molecule has 0 saturated heterocycles. The molecular weight excluding hydrogens is 409 g/mol. The number of rotatable bonds is 4. The summed E-state index contributed by atoms with van der Waals surface area (Å²) in [5.41, 5.74) is 0.923. The van der Waals surface area contributed by atoms with Gasteiger partial charge < -0.3 is 4.90 Å². The van der Waals surface area contributed by atoms with Gasteiger partial charge in [-0.2, -0.15) is 13.2 Å². The summed E-state index contributed by atoms with van der Waals surface area (Å²) < 4.78 is 39.4. The van der Waals surface area contributed by atoms with E-state index >= 15 is 0 Å². The molecule has 4 rings (SSSR count). The molecule has 0 bridgehead atoms. The number of carbonyl (C=O) groups is 1. The van der Waals surface area contributed by atoms with Crippen LogP contribution in [0, 0.1) is 5.92 Å². The first-order chi connectivity index (χ1) is 14.3. The van der Waals surface area contributed by atoms with E-state index in [9.17, 15) is 18.0 Å². The van der Waals surface area contributed by atoms with E-state index in [0.29, 0.717) is 12.0 Å². The summed E-state index contributed by atoms with van der Waals surface area (Å²) in [6.07, 6.45) is 1.15. The summed E-state index contributed by atoms with van der Waals surface area (Å²) in [5.74, 6) is -0.228. The summed E-state index contributed by atoms with van der Waals surface area (Å²) in [6.45, 7) is 0.268. The third-order valence-corrected chi connectivity index (χ3v) is 6.62. The molecule has 2 atom stereocenters. The van der Waals surface area contributed by atoms with Gasteiger partial charge in [0.05, 0.1) is 26.7 Å². The van der Waals surface area contributed by atoms with E-state index in [4.69, 9.17) is 4.98 Å². The van der Waals surface area contributed by atoms with Gasteiger partial charge in [-0.05, 0) is 42.7 Å². The van der Waals surface area contributed by atoms with E-state index in [0.717, 1.165) is 33.8 Å². The highest BCUT2D eigenvalue weighted by atomic mass is 32.1. The molecular formula is C23H21F3N2OS. The van der Waals surface area contributed by atoms with Gasteiger partial charge in [-0.3, -0.25) is 4.79 Å². The lowest BCUT2D eigenvalue weighted by molar-refractivity contribution is -0.138. The fourth-order valence-electron chi connectivity index (χ4n) is 3.84. The number of halogens is 3. The topological polar surface area (TPSA) is 33.2 Å². The van der Waals surface area contributed by atoms with E-state index < -0.39 is 11.7 Å². The number of allylic oxidation sites excluding steroid dienone is 2. The lowest BCUT2D eigenvalue weighted by atomic mass is 9.82. The molecule has 0 spiro atoms. The molecule has 1 amide bonds. The molecule has 0 aliphatic heterocycles. The fourth-order valence-corrected chi connectivity index (χ4v) is 4.99. The molecule has 3 nitrogen and oxygen atoms in total. The van der Waals surface area contributed by atoms with E-state index in [1.807, 2.05) is 30.3 Å². The molecule has 0 radical (unpaired) electrons. The van der Waals surface area contributed by atoms with Gasteiger partial charge in [-0.15, -0.1) is 11.3 Å². The Hall–Kier alpha value is -2.67. The molecule has 1 heterocycles. The van der Waals surface area contributed by atoms with Crippen LogP contribution in [-0.4, -0.2) is 22.8 Å². The molecule has 30 heavy (non-hydrogen) atoms. The van der Waals surface area contributed by atoms with Crippen LogP contribution in [0.1, 0.15) is 34.9 Å². The third kappa shape index (κ3) is 4.26. The van der Waals surface area contributed by atoms with Crippen LogP contribution in [0.25, 0.3) is 10.2 Å². The van der Waals surface area contributed by atoms with Gasteiger partial charge in [0.1, 0.15) is 0 Å². The predicted octanol–water partition coefficient (Wildman–Crippen LogP) is 6.02. The molecule has 2 aromatic carbocycles. The van der Waals surface area contributed by atoms with Crippen LogP contribution in [-0.2, 0) is 17.5 Å². The molecule has 0 unspecified atom stereocenters. The van der Waals surface area contributed by atoms with Crippen molar-refractivity contribution < 1.29 is 18.0 Å². The van der Waals surface area contributed by atoms with Gasteiger partial charge in [0.15, 0.2) is 0 Å². The number of hydrogen-bond acceptors (Lipinski definition) is 3. The SMILES string of the molecule is CN(Cc1ccc(C(F)(F)F)cc1)C(=O)[C@@H]1CC=CC[C@@H]1c1nc2ccccc2s1. The molecule has 0 N–H and O–H groups in total. The Morgan fingerprint density at radius 2 is 1.80 bits per heavy atom. The Kier molecular flexibility index (Phi) is 5.64. The van der Waals surface area contributed by atoms with E-state index in [1.54, 1.807) is 23.3 Å². The smallest absolute Gasteiger partial charge is 0.341 e. The van der Waals surface area contributed by atoms with Crippen LogP contribution in [0.3, 0.4) is 0 Å². The number of hydrogen-bond donors (Lipinski definition) is 0. The highest BCUT2D eigenvalue weighted by molar-refractivity contribution is 7.18. The maximum Gasteiger partial charge on any atom is 0.416 e. The largest absolute Gasteiger partial charge is 0.416 e. The number of nitrogens with zero attached hydrogens (tertiary/aromatic N) is 2. The van der Waals surface area contributed by atoms with Crippen molar-refractivity contribution in [1.82, 2.24) is 9.88 Å². The van der Waals surface area contributed by atoms with Gasteiger partial charge in [0.25, 0.3) is 0 Å². The normalized spacial score (nSPS) is 19.2. The highest BCUT2D eigenvalue weighted by Gasteiger charge is 2.34. The number of amides is 1. The lowest BCUT2D eigenvalue weighted by Crippen LogP contribution is -2.36. The van der Waals surface area contributed by atoms with Gasteiger partial charge in [0.2, 0.25) is 5.91 Å². The highest BCUT2D eigenvalue weighted by Crippen LogP contribution is 2.39. The number of carbonyl (C=O) groups excluding carboxylic acids is 1. The van der Waals surface area contributed by atoms with Crippen molar-refractivity contribution in [3.63, 3.8) is 0 Å². The number of alkyl halides is 3. The van der Waals surface area contributed by atoms with Crippen LogP contribution >= 0.6 is 11.3 Å². The number of para-hydroxylation sites is 1. The molecule has 1 aromatic heterocycles. The second-order valence-electron chi connectivity index (χ2n) is 7.56. The van der Waals surface area contributed by atoms with Crippen LogP contribution in [0.4, 0.5) is 13.2 Å². The minimum atomic E-state index is -4.36. The average molecular weight is 430 g/mol. The number of fused-ring (bicyclic) bond motifs is 1. The Labute approximate surface area is 176 Å². The minimum absolute atomic E-state index is 0.00922. The zero-order valence-corrected chi connectivity index (χ0v) is 17.2. The zero-order chi connectivity index (χ0) is 21.3. The standard InChI is InChI=1S/C23H21F3N2OS/c1-28(14-15-10-12-16(13-11-15)23(24,25)26)22(29)18-7-3-2-6-17(18)21-27-19-8-4-5-9-20(19)30-21/h2-5,8-13,17-18H,6-7,14H2,1H3/t17-,18+/m0/s1. The minimum Gasteiger partial charge on any atom is -0.341 e. The van der Waals surface area contributed by atoms with E-state index in [1.165, 1.54) is 12.1 Å². The first-order valence-electron chi connectivity index (χ1n) is 9.74. The van der Waals surface area contributed by atoms with Gasteiger partial charge >= 0.3 is 6.18 Å². The first kappa shape index (κ1) is 20.6. The summed E-state index contributed by atoms with van der Waals surface area (Å²) in [5, 5.41) is 0.960. The Bertz CT molecular complexity index is 1040. The number of benzene rings is 2. The molecule has 3 aromatic rings. The van der Waals surface area contributed by atoms with Crippen LogP contribution in [0.5, 0.6) is 0 Å². The summed E-state index contributed by atoms with van der Waals surface area (Å²) in [7, 11) is 1.70. The maximum absolute atomic E-state index is 13.2. The third-order valence-electron chi connectivity index (χ3n) is 5.45. The second kappa shape index (κ2) is 8.22. The number of aromatic nitrogens is 1. The Morgan fingerprint density at radius 1 is 1.10 bits per heavy atom. The van der Waals surface area contributed by atoms with E-state index in [-0.39, 0.29) is 24.3 Å². The maximum atomic E-state index is 13.2. The monoisotopic (exact) mass is 430 g/mol.